The van der Waals surface area contributed by atoms with Gasteiger partial charge in [-0.2, -0.15) is 0 Å². The number of nitrogens with one attached hydrogen (secondary N) is 1. The third kappa shape index (κ3) is 3.68. The van der Waals surface area contributed by atoms with Gasteiger partial charge >= 0.3 is 5.97 Å². The fourth-order valence-corrected chi connectivity index (χ4v) is 2.96. The Kier molecular flexibility index (Phi) is 5.01. The quantitative estimate of drug-likeness (QED) is 0.551. The summed E-state index contributed by atoms with van der Waals surface area (Å²) in [4.78, 5) is 17.3. The zero-order valence-corrected chi connectivity index (χ0v) is 14.4. The van der Waals surface area contributed by atoms with Crippen LogP contribution in [0.4, 0.5) is 11.4 Å². The standard InChI is InChI=1S/C19H18N2O2S/c1-23-19(22)12-14-11-18(16-8-3-4-9-17(16)21-14)20-13-6-5-7-15(10-13)24-2/h3-11H,12H2,1-2H3,(H,20,21). The molecule has 1 heterocycles. The summed E-state index contributed by atoms with van der Waals surface area (Å²) < 4.78 is 4.75. The molecule has 0 fully saturated rings. The van der Waals surface area contributed by atoms with Crippen LogP contribution >= 0.6 is 11.8 Å². The molecule has 0 spiro atoms. The molecule has 122 valence electrons. The number of fused-ring (bicyclic) bond motifs is 1. The minimum atomic E-state index is -0.298. The van der Waals surface area contributed by atoms with Crippen molar-refractivity contribution in [1.29, 1.82) is 0 Å². The zero-order valence-electron chi connectivity index (χ0n) is 13.6. The summed E-state index contributed by atoms with van der Waals surface area (Å²) in [6.45, 7) is 0. The Bertz CT molecular complexity index is 880. The Labute approximate surface area is 145 Å². The van der Waals surface area contributed by atoms with Crippen LogP contribution in [0.1, 0.15) is 5.69 Å². The number of pyridine rings is 1. The minimum Gasteiger partial charge on any atom is -0.469 e. The predicted molar refractivity (Wildman–Crippen MR) is 99.0 cm³/mol. The number of para-hydroxylation sites is 1. The molecule has 1 aromatic heterocycles. The van der Waals surface area contributed by atoms with Crippen molar-refractivity contribution >= 4 is 40.0 Å². The molecule has 0 aliphatic rings. The van der Waals surface area contributed by atoms with Crippen LogP contribution in [-0.4, -0.2) is 24.3 Å². The molecular formula is C19H18N2O2S. The number of nitrogens with zero attached hydrogens (tertiary/aromatic N) is 1. The normalized spacial score (nSPS) is 10.6. The number of methoxy groups -OCH3 is 1. The van der Waals surface area contributed by atoms with Crippen molar-refractivity contribution in [3.05, 3.63) is 60.3 Å². The van der Waals surface area contributed by atoms with Crippen LogP contribution in [0.25, 0.3) is 10.9 Å². The van der Waals surface area contributed by atoms with Crippen LogP contribution in [0.3, 0.4) is 0 Å². The molecule has 0 aliphatic carbocycles. The Balaban J connectivity index is 2.02. The second kappa shape index (κ2) is 7.36. The second-order valence-electron chi connectivity index (χ2n) is 5.29. The van der Waals surface area contributed by atoms with Crippen LogP contribution in [0.5, 0.6) is 0 Å². The molecule has 1 N–H and O–H groups in total. The average Bonchev–Trinajstić information content (AvgIpc) is 2.61. The van der Waals surface area contributed by atoms with Gasteiger partial charge < -0.3 is 10.1 Å². The number of thioether (sulfide) groups is 1. The summed E-state index contributed by atoms with van der Waals surface area (Å²) in [5, 5.41) is 4.46. The zero-order chi connectivity index (χ0) is 16.9. The number of hydrogen-bond donors (Lipinski definition) is 1. The van der Waals surface area contributed by atoms with E-state index in [1.807, 2.05) is 42.5 Å². The van der Waals surface area contributed by atoms with E-state index in [-0.39, 0.29) is 12.4 Å². The second-order valence-corrected chi connectivity index (χ2v) is 6.17. The molecule has 0 saturated heterocycles. The highest BCUT2D eigenvalue weighted by molar-refractivity contribution is 7.98. The van der Waals surface area contributed by atoms with Gasteiger partial charge in [-0.05, 0) is 36.6 Å². The largest absolute Gasteiger partial charge is 0.469 e. The van der Waals surface area contributed by atoms with E-state index in [9.17, 15) is 4.79 Å². The number of esters is 1. The van der Waals surface area contributed by atoms with Crippen LogP contribution in [0.2, 0.25) is 0 Å². The Morgan fingerprint density at radius 1 is 1.17 bits per heavy atom. The molecule has 5 heteroatoms. The molecule has 0 aliphatic heterocycles. The van der Waals surface area contributed by atoms with Crippen LogP contribution in [0.15, 0.2) is 59.5 Å². The molecular weight excluding hydrogens is 320 g/mol. The lowest BCUT2D eigenvalue weighted by molar-refractivity contribution is -0.139. The number of rotatable bonds is 5. The molecule has 0 saturated carbocycles. The first-order chi connectivity index (χ1) is 11.7. The first kappa shape index (κ1) is 16.3. The highest BCUT2D eigenvalue weighted by Crippen LogP contribution is 2.28. The number of benzene rings is 2. The maximum atomic E-state index is 11.6. The summed E-state index contributed by atoms with van der Waals surface area (Å²) >= 11 is 1.70. The van der Waals surface area contributed by atoms with Gasteiger partial charge in [-0.3, -0.25) is 9.78 Å². The van der Waals surface area contributed by atoms with E-state index in [0.717, 1.165) is 22.3 Å². The Morgan fingerprint density at radius 3 is 2.79 bits per heavy atom. The maximum absolute atomic E-state index is 11.6. The number of hydrogen-bond acceptors (Lipinski definition) is 5. The molecule has 0 bridgehead atoms. The fourth-order valence-electron chi connectivity index (χ4n) is 2.50. The summed E-state index contributed by atoms with van der Waals surface area (Å²) in [5.41, 5.74) is 3.46. The average molecular weight is 338 g/mol. The van der Waals surface area contributed by atoms with E-state index < -0.39 is 0 Å². The molecule has 0 unspecified atom stereocenters. The Hall–Kier alpha value is -2.53. The minimum absolute atomic E-state index is 0.154. The lowest BCUT2D eigenvalue weighted by Gasteiger charge is -2.12. The molecule has 0 atom stereocenters. The number of anilines is 2. The van der Waals surface area contributed by atoms with E-state index in [4.69, 9.17) is 4.74 Å². The van der Waals surface area contributed by atoms with Gasteiger partial charge in [-0.15, -0.1) is 11.8 Å². The first-order valence-corrected chi connectivity index (χ1v) is 8.78. The van der Waals surface area contributed by atoms with Crippen molar-refractivity contribution in [1.82, 2.24) is 4.98 Å². The van der Waals surface area contributed by atoms with Crippen LogP contribution in [0, 0.1) is 0 Å². The first-order valence-electron chi connectivity index (χ1n) is 7.56. The van der Waals surface area contributed by atoms with Crippen molar-refractivity contribution in [2.75, 3.05) is 18.7 Å². The smallest absolute Gasteiger partial charge is 0.311 e. The van der Waals surface area contributed by atoms with Gasteiger partial charge in [-0.1, -0.05) is 24.3 Å². The van der Waals surface area contributed by atoms with Gasteiger partial charge in [0.1, 0.15) is 0 Å². The topological polar surface area (TPSA) is 51.2 Å². The number of ether oxygens (including phenoxy) is 1. The third-order valence-corrected chi connectivity index (χ3v) is 4.40. The SMILES string of the molecule is COC(=O)Cc1cc(Nc2cccc(SC)c2)c2ccccc2n1. The lowest BCUT2D eigenvalue weighted by atomic mass is 10.1. The monoisotopic (exact) mass is 338 g/mol. The molecule has 4 nitrogen and oxygen atoms in total. The summed E-state index contributed by atoms with van der Waals surface area (Å²) in [6, 6.07) is 18.0. The Morgan fingerprint density at radius 2 is 2.00 bits per heavy atom. The summed E-state index contributed by atoms with van der Waals surface area (Å²) in [6.07, 6.45) is 2.20. The molecule has 0 radical (unpaired) electrons. The highest BCUT2D eigenvalue weighted by atomic mass is 32.2. The number of carbonyl (C=O) groups is 1. The van der Waals surface area contributed by atoms with Crippen molar-refractivity contribution in [3.63, 3.8) is 0 Å². The number of aromatic nitrogens is 1. The van der Waals surface area contributed by atoms with E-state index in [0.29, 0.717) is 5.69 Å². The fraction of sp³-hybridized carbons (Fsp3) is 0.158. The van der Waals surface area contributed by atoms with E-state index in [1.165, 1.54) is 12.0 Å². The highest BCUT2D eigenvalue weighted by Gasteiger charge is 2.10. The number of carbonyl (C=O) groups excluding carboxylic acids is 1. The third-order valence-electron chi connectivity index (χ3n) is 3.67. The molecule has 3 aromatic rings. The molecule has 24 heavy (non-hydrogen) atoms. The van der Waals surface area contributed by atoms with Gasteiger partial charge in [0.2, 0.25) is 0 Å². The molecule has 0 amide bonds. The van der Waals surface area contributed by atoms with E-state index in [1.54, 1.807) is 11.8 Å². The van der Waals surface area contributed by atoms with Gasteiger partial charge in [0, 0.05) is 21.7 Å². The van der Waals surface area contributed by atoms with Gasteiger partial charge in [0.05, 0.1) is 24.7 Å². The predicted octanol–water partition coefficient (Wildman–Crippen LogP) is 4.42. The molecule has 3 rings (SSSR count). The lowest BCUT2D eigenvalue weighted by Crippen LogP contribution is -2.07. The van der Waals surface area contributed by atoms with Crippen molar-refractivity contribution in [2.24, 2.45) is 0 Å². The van der Waals surface area contributed by atoms with Gasteiger partial charge in [0.15, 0.2) is 0 Å². The van der Waals surface area contributed by atoms with Gasteiger partial charge in [-0.25, -0.2) is 0 Å². The van der Waals surface area contributed by atoms with Crippen molar-refractivity contribution < 1.29 is 9.53 Å². The summed E-state index contributed by atoms with van der Waals surface area (Å²) in [7, 11) is 1.39. The van der Waals surface area contributed by atoms with Gasteiger partial charge in [0.25, 0.3) is 0 Å². The van der Waals surface area contributed by atoms with Crippen LogP contribution in [-0.2, 0) is 16.0 Å². The van der Waals surface area contributed by atoms with E-state index in [2.05, 4.69) is 28.7 Å². The summed E-state index contributed by atoms with van der Waals surface area (Å²) in [5.74, 6) is -0.298. The van der Waals surface area contributed by atoms with Crippen molar-refractivity contribution in [2.45, 2.75) is 11.3 Å². The van der Waals surface area contributed by atoms with Crippen molar-refractivity contribution in [3.8, 4) is 0 Å². The molecule has 2 aromatic carbocycles. The maximum Gasteiger partial charge on any atom is 0.311 e. The van der Waals surface area contributed by atoms with E-state index >= 15 is 0 Å². The van der Waals surface area contributed by atoms with Crippen LogP contribution < -0.4 is 5.32 Å².